The topological polar surface area (TPSA) is 0 Å². The fraction of sp³-hybridized carbons (Fsp3) is 0.600. The Balaban J connectivity index is 2.47. The van der Waals surface area contributed by atoms with E-state index in [1.165, 1.54) is 24.8 Å². The summed E-state index contributed by atoms with van der Waals surface area (Å²) in [5.41, 5.74) is 1.35. The predicted molar refractivity (Wildman–Crippen MR) is 53.8 cm³/mol. The van der Waals surface area contributed by atoms with Gasteiger partial charge in [0.2, 0.25) is 0 Å². The quantitative estimate of drug-likeness (QED) is 0.568. The number of rotatable bonds is 2. The lowest BCUT2D eigenvalue weighted by atomic mass is 9.89. The van der Waals surface area contributed by atoms with Crippen LogP contribution in [0.2, 0.25) is 0 Å². The molecule has 0 saturated carbocycles. The highest BCUT2D eigenvalue weighted by atomic mass is 32.2. The lowest BCUT2D eigenvalue weighted by molar-refractivity contribution is 0.551. The van der Waals surface area contributed by atoms with Crippen LogP contribution in [0.25, 0.3) is 0 Å². The first-order chi connectivity index (χ1) is 5.24. The van der Waals surface area contributed by atoms with E-state index in [1.54, 1.807) is 4.91 Å². The highest BCUT2D eigenvalue weighted by Crippen LogP contribution is 2.32. The zero-order chi connectivity index (χ0) is 8.27. The van der Waals surface area contributed by atoms with Crippen LogP contribution in [0.3, 0.4) is 0 Å². The molecule has 0 aliphatic heterocycles. The summed E-state index contributed by atoms with van der Waals surface area (Å²) in [6.07, 6.45) is 8.31. The first-order valence-electron chi connectivity index (χ1n) is 4.12. The van der Waals surface area contributed by atoms with Crippen molar-refractivity contribution in [2.45, 2.75) is 26.2 Å². The fourth-order valence-corrected chi connectivity index (χ4v) is 2.03. The van der Waals surface area contributed by atoms with Gasteiger partial charge in [-0.3, -0.25) is 0 Å². The number of thioether (sulfide) groups is 1. The van der Waals surface area contributed by atoms with Crippen LogP contribution in [-0.2, 0) is 0 Å². The number of allylic oxidation sites excluding steroid dienone is 3. The lowest BCUT2D eigenvalue weighted by Gasteiger charge is -2.20. The van der Waals surface area contributed by atoms with E-state index < -0.39 is 0 Å². The molecule has 0 radical (unpaired) electrons. The van der Waals surface area contributed by atoms with E-state index in [2.05, 4.69) is 25.8 Å². The molecule has 1 heteroatoms. The number of hydrogen-bond donors (Lipinski definition) is 0. The minimum absolute atomic E-state index is 0.755. The maximum atomic E-state index is 3.99. The van der Waals surface area contributed by atoms with Gasteiger partial charge in [-0.25, -0.2) is 0 Å². The maximum Gasteiger partial charge on any atom is -0.0140 e. The van der Waals surface area contributed by atoms with Crippen molar-refractivity contribution in [2.24, 2.45) is 5.92 Å². The third-order valence-electron chi connectivity index (χ3n) is 2.33. The van der Waals surface area contributed by atoms with Gasteiger partial charge in [0.05, 0.1) is 0 Å². The van der Waals surface area contributed by atoms with Crippen molar-refractivity contribution < 1.29 is 0 Å². The standard InChI is InChI=1S/C10H16S/c1-8(2)9-4-6-10(11-3)7-5-9/h6,9H,1,4-5,7H2,2-3H3. The Morgan fingerprint density at radius 3 is 2.82 bits per heavy atom. The van der Waals surface area contributed by atoms with E-state index in [9.17, 15) is 0 Å². The Morgan fingerprint density at radius 2 is 2.45 bits per heavy atom. The van der Waals surface area contributed by atoms with Crippen LogP contribution < -0.4 is 0 Å². The zero-order valence-corrected chi connectivity index (χ0v) is 8.21. The summed E-state index contributed by atoms with van der Waals surface area (Å²) in [5, 5.41) is 0. The summed E-state index contributed by atoms with van der Waals surface area (Å²) in [5.74, 6) is 0.755. The summed E-state index contributed by atoms with van der Waals surface area (Å²) in [6.45, 7) is 6.14. The molecule has 0 bridgehead atoms. The van der Waals surface area contributed by atoms with Crippen LogP contribution in [0.4, 0.5) is 0 Å². The Kier molecular flexibility index (Phi) is 3.25. The molecule has 62 valence electrons. The van der Waals surface area contributed by atoms with E-state index in [0.717, 1.165) is 5.92 Å². The van der Waals surface area contributed by atoms with Gasteiger partial charge in [0.25, 0.3) is 0 Å². The van der Waals surface area contributed by atoms with Crippen LogP contribution in [0, 0.1) is 5.92 Å². The SMILES string of the molecule is C=C(C)C1CC=C(SC)CC1. The Hall–Kier alpha value is -0.170. The van der Waals surface area contributed by atoms with E-state index in [0.29, 0.717) is 0 Å². The van der Waals surface area contributed by atoms with Crippen molar-refractivity contribution in [1.82, 2.24) is 0 Å². The van der Waals surface area contributed by atoms with Crippen LogP contribution in [0.1, 0.15) is 26.2 Å². The third-order valence-corrected chi connectivity index (χ3v) is 3.22. The first-order valence-corrected chi connectivity index (χ1v) is 5.35. The molecule has 11 heavy (non-hydrogen) atoms. The monoisotopic (exact) mass is 168 g/mol. The predicted octanol–water partition coefficient (Wildman–Crippen LogP) is 3.61. The molecule has 0 fully saturated rings. The van der Waals surface area contributed by atoms with E-state index in [1.807, 2.05) is 11.8 Å². The summed E-state index contributed by atoms with van der Waals surface area (Å²) in [4.78, 5) is 1.56. The van der Waals surface area contributed by atoms with E-state index in [4.69, 9.17) is 0 Å². The molecule has 1 unspecified atom stereocenters. The molecule has 1 aliphatic carbocycles. The lowest BCUT2D eigenvalue weighted by Crippen LogP contribution is -2.04. The van der Waals surface area contributed by atoms with Gasteiger partial charge in [-0.05, 0) is 43.3 Å². The van der Waals surface area contributed by atoms with Gasteiger partial charge in [0.15, 0.2) is 0 Å². The van der Waals surface area contributed by atoms with Gasteiger partial charge in [0.1, 0.15) is 0 Å². The number of hydrogen-bond acceptors (Lipinski definition) is 1. The van der Waals surface area contributed by atoms with Crippen LogP contribution in [0.5, 0.6) is 0 Å². The fourth-order valence-electron chi connectivity index (χ4n) is 1.44. The van der Waals surface area contributed by atoms with Gasteiger partial charge in [-0.15, -0.1) is 11.8 Å². The average molecular weight is 168 g/mol. The minimum atomic E-state index is 0.755. The first kappa shape index (κ1) is 8.92. The van der Waals surface area contributed by atoms with Crippen molar-refractivity contribution in [3.63, 3.8) is 0 Å². The summed E-state index contributed by atoms with van der Waals surface area (Å²) in [7, 11) is 0. The smallest absolute Gasteiger partial charge is 0.0140 e. The van der Waals surface area contributed by atoms with Crippen molar-refractivity contribution in [3.8, 4) is 0 Å². The molecule has 0 spiro atoms. The Morgan fingerprint density at radius 1 is 1.73 bits per heavy atom. The molecular weight excluding hydrogens is 152 g/mol. The summed E-state index contributed by atoms with van der Waals surface area (Å²) >= 11 is 1.89. The van der Waals surface area contributed by atoms with Crippen molar-refractivity contribution in [1.29, 1.82) is 0 Å². The molecular formula is C10H16S. The highest BCUT2D eigenvalue weighted by Gasteiger charge is 2.13. The summed E-state index contributed by atoms with van der Waals surface area (Å²) in [6, 6.07) is 0. The van der Waals surface area contributed by atoms with Crippen LogP contribution >= 0.6 is 11.8 Å². The van der Waals surface area contributed by atoms with Crippen LogP contribution in [0.15, 0.2) is 23.1 Å². The van der Waals surface area contributed by atoms with Crippen molar-refractivity contribution >= 4 is 11.8 Å². The molecule has 1 aliphatic rings. The normalized spacial score (nSPS) is 24.5. The molecule has 0 aromatic rings. The highest BCUT2D eigenvalue weighted by molar-refractivity contribution is 8.02. The molecule has 0 heterocycles. The average Bonchev–Trinajstić information content (AvgIpc) is 2.05. The molecule has 1 rings (SSSR count). The largest absolute Gasteiger partial charge is 0.134 e. The van der Waals surface area contributed by atoms with Gasteiger partial charge >= 0.3 is 0 Å². The van der Waals surface area contributed by atoms with Crippen LogP contribution in [-0.4, -0.2) is 6.26 Å². The summed E-state index contributed by atoms with van der Waals surface area (Å²) < 4.78 is 0. The van der Waals surface area contributed by atoms with Gasteiger partial charge in [0, 0.05) is 0 Å². The van der Waals surface area contributed by atoms with Gasteiger partial charge in [-0.2, -0.15) is 0 Å². The molecule has 1 atom stereocenters. The zero-order valence-electron chi connectivity index (χ0n) is 7.39. The second-order valence-electron chi connectivity index (χ2n) is 3.19. The van der Waals surface area contributed by atoms with Crippen molar-refractivity contribution in [2.75, 3.05) is 6.26 Å². The molecule has 0 N–H and O–H groups in total. The second kappa shape index (κ2) is 4.01. The van der Waals surface area contributed by atoms with Crippen molar-refractivity contribution in [3.05, 3.63) is 23.1 Å². The van der Waals surface area contributed by atoms with Gasteiger partial charge in [-0.1, -0.05) is 18.2 Å². The maximum absolute atomic E-state index is 3.99. The molecule has 0 saturated heterocycles. The Labute approximate surface area is 73.8 Å². The third kappa shape index (κ3) is 2.41. The molecule has 0 aromatic carbocycles. The molecule has 0 nitrogen and oxygen atoms in total. The molecule has 0 amide bonds. The van der Waals surface area contributed by atoms with E-state index >= 15 is 0 Å². The molecule has 0 aromatic heterocycles. The van der Waals surface area contributed by atoms with E-state index in [-0.39, 0.29) is 0 Å². The minimum Gasteiger partial charge on any atom is -0.134 e. The van der Waals surface area contributed by atoms with Gasteiger partial charge < -0.3 is 0 Å². The second-order valence-corrected chi connectivity index (χ2v) is 4.12. The Bertz CT molecular complexity index is 179.